The van der Waals surface area contributed by atoms with E-state index in [1.54, 1.807) is 12.1 Å². The number of hydrogen-bond acceptors (Lipinski definition) is 7. The van der Waals surface area contributed by atoms with Crippen molar-refractivity contribution in [1.82, 2.24) is 15.0 Å². The molecule has 8 nitrogen and oxygen atoms in total. The summed E-state index contributed by atoms with van der Waals surface area (Å²) in [7, 11) is 0. The molecule has 1 fully saturated rings. The predicted octanol–water partition coefficient (Wildman–Crippen LogP) is 1.96. The van der Waals surface area contributed by atoms with Crippen molar-refractivity contribution in [3.8, 4) is 11.3 Å². The van der Waals surface area contributed by atoms with Gasteiger partial charge in [0.1, 0.15) is 11.5 Å². The summed E-state index contributed by atoms with van der Waals surface area (Å²) in [6.07, 6.45) is 0. The largest absolute Gasteiger partial charge is 0.474 e. The van der Waals surface area contributed by atoms with Gasteiger partial charge in [0.25, 0.3) is 5.71 Å². The summed E-state index contributed by atoms with van der Waals surface area (Å²) in [6.45, 7) is 2.29. The third kappa shape index (κ3) is 2.89. The van der Waals surface area contributed by atoms with Gasteiger partial charge < -0.3 is 19.2 Å². The Balaban J connectivity index is 1.89. The molecule has 1 aliphatic rings. The lowest BCUT2D eigenvalue weighted by Crippen LogP contribution is -2.37. The third-order valence-electron chi connectivity index (χ3n) is 3.84. The maximum absolute atomic E-state index is 13.2. The van der Waals surface area contributed by atoms with Gasteiger partial charge in [0.05, 0.1) is 13.2 Å². The summed E-state index contributed by atoms with van der Waals surface area (Å²) in [5, 5.41) is 9.04. The van der Waals surface area contributed by atoms with Crippen molar-refractivity contribution in [2.75, 3.05) is 31.2 Å². The van der Waals surface area contributed by atoms with Crippen LogP contribution in [-0.4, -0.2) is 52.3 Å². The average Bonchev–Trinajstić information content (AvgIpc) is 3.05. The number of hydrogen-bond donors (Lipinski definition) is 1. The van der Waals surface area contributed by atoms with E-state index in [2.05, 4.69) is 15.0 Å². The number of fused-ring (bicyclic) bond motifs is 1. The van der Waals surface area contributed by atoms with Crippen LogP contribution in [0.25, 0.3) is 22.6 Å². The summed E-state index contributed by atoms with van der Waals surface area (Å²) < 4.78 is 23.8. The number of morpholine rings is 1. The van der Waals surface area contributed by atoms with Crippen molar-refractivity contribution >= 4 is 23.1 Å². The van der Waals surface area contributed by atoms with E-state index < -0.39 is 11.9 Å². The van der Waals surface area contributed by atoms with Gasteiger partial charge in [0.2, 0.25) is 5.65 Å². The summed E-state index contributed by atoms with van der Waals surface area (Å²) in [5.41, 5.74) is 1.27. The fourth-order valence-corrected chi connectivity index (χ4v) is 2.64. The molecular formula is C16H13FN4O4. The van der Waals surface area contributed by atoms with E-state index in [4.69, 9.17) is 14.3 Å². The van der Waals surface area contributed by atoms with Crippen LogP contribution < -0.4 is 4.90 Å². The lowest BCUT2D eigenvalue weighted by Gasteiger charge is -2.28. The molecule has 3 aromatic rings. The molecule has 0 radical (unpaired) electrons. The van der Waals surface area contributed by atoms with Gasteiger partial charge in [-0.1, -0.05) is 0 Å². The number of carboxylic acid groups (broad SMARTS) is 1. The Bertz CT molecular complexity index is 935. The average molecular weight is 344 g/mol. The Morgan fingerprint density at radius 2 is 1.84 bits per heavy atom. The van der Waals surface area contributed by atoms with E-state index in [9.17, 15) is 9.18 Å². The van der Waals surface area contributed by atoms with E-state index in [1.165, 1.54) is 12.1 Å². The molecule has 0 bridgehead atoms. The van der Waals surface area contributed by atoms with Crippen molar-refractivity contribution in [3.63, 3.8) is 0 Å². The molecule has 25 heavy (non-hydrogen) atoms. The molecule has 1 N–H and O–H groups in total. The van der Waals surface area contributed by atoms with Gasteiger partial charge >= 0.3 is 11.9 Å². The third-order valence-corrected chi connectivity index (χ3v) is 3.84. The number of nitrogens with zero attached hydrogens (tertiary/aromatic N) is 4. The molecule has 9 heteroatoms. The number of aromatic nitrogens is 3. The predicted molar refractivity (Wildman–Crippen MR) is 85.0 cm³/mol. The van der Waals surface area contributed by atoms with Gasteiger partial charge in [-0.05, 0) is 24.3 Å². The van der Waals surface area contributed by atoms with Crippen LogP contribution in [0.2, 0.25) is 0 Å². The normalized spacial score (nSPS) is 14.8. The first kappa shape index (κ1) is 15.5. The molecule has 0 amide bonds. The molecule has 128 valence electrons. The van der Waals surface area contributed by atoms with E-state index >= 15 is 0 Å². The molecule has 3 heterocycles. The Labute approximate surface area is 140 Å². The minimum atomic E-state index is -1.30. The van der Waals surface area contributed by atoms with Crippen LogP contribution in [0.5, 0.6) is 0 Å². The molecule has 1 aliphatic heterocycles. The lowest BCUT2D eigenvalue weighted by atomic mass is 10.1. The lowest BCUT2D eigenvalue weighted by molar-refractivity contribution is 0.0656. The van der Waals surface area contributed by atoms with Gasteiger partial charge in [0, 0.05) is 18.7 Å². The minimum absolute atomic E-state index is 0.0461. The minimum Gasteiger partial charge on any atom is -0.474 e. The molecule has 1 aromatic carbocycles. The monoisotopic (exact) mass is 344 g/mol. The molecule has 0 aliphatic carbocycles. The number of halogens is 1. The maximum atomic E-state index is 13.2. The summed E-state index contributed by atoms with van der Waals surface area (Å²) in [5.74, 6) is -1.61. The molecular weight excluding hydrogens is 331 g/mol. The van der Waals surface area contributed by atoms with Gasteiger partial charge in [0.15, 0.2) is 5.82 Å². The smallest absolute Gasteiger partial charge is 0.392 e. The number of benzene rings is 1. The van der Waals surface area contributed by atoms with E-state index in [0.29, 0.717) is 43.4 Å². The second-order valence-corrected chi connectivity index (χ2v) is 5.46. The van der Waals surface area contributed by atoms with Gasteiger partial charge in [-0.25, -0.2) is 14.2 Å². The first-order valence-electron chi connectivity index (χ1n) is 7.62. The zero-order valence-corrected chi connectivity index (χ0v) is 13.0. The second kappa shape index (κ2) is 6.10. The van der Waals surface area contributed by atoms with Crippen LogP contribution in [0.3, 0.4) is 0 Å². The highest BCUT2D eigenvalue weighted by Gasteiger charge is 2.23. The summed E-state index contributed by atoms with van der Waals surface area (Å²) in [4.78, 5) is 25.7. The van der Waals surface area contributed by atoms with Crippen LogP contribution >= 0.6 is 0 Å². The molecule has 4 rings (SSSR count). The molecule has 0 atom stereocenters. The van der Waals surface area contributed by atoms with E-state index in [1.807, 2.05) is 4.90 Å². The fraction of sp³-hybridized carbons (Fsp3) is 0.250. The standard InChI is InChI=1S/C16H13FN4O4/c17-10-3-1-9(2-4-10)11-13(21-5-7-24-8-6-21)20-14-12(18-11)19-15(25-14)16(22)23/h1-4H,5-8H2,(H,22,23). The van der Waals surface area contributed by atoms with Crippen LogP contribution in [0.4, 0.5) is 10.2 Å². The van der Waals surface area contributed by atoms with Gasteiger partial charge in [-0.2, -0.15) is 9.97 Å². The molecule has 2 aromatic heterocycles. The number of carbonyl (C=O) groups is 1. The summed E-state index contributed by atoms with van der Waals surface area (Å²) in [6, 6.07) is 5.84. The highest BCUT2D eigenvalue weighted by atomic mass is 19.1. The number of rotatable bonds is 3. The molecule has 1 saturated heterocycles. The van der Waals surface area contributed by atoms with Crippen molar-refractivity contribution in [2.24, 2.45) is 0 Å². The second-order valence-electron chi connectivity index (χ2n) is 5.46. The maximum Gasteiger partial charge on any atom is 0.392 e. The Morgan fingerprint density at radius 1 is 1.12 bits per heavy atom. The van der Waals surface area contributed by atoms with Gasteiger partial charge in [-0.15, -0.1) is 0 Å². The van der Waals surface area contributed by atoms with Crippen molar-refractivity contribution in [3.05, 3.63) is 36.0 Å². The first-order valence-corrected chi connectivity index (χ1v) is 7.62. The van der Waals surface area contributed by atoms with Crippen LogP contribution in [0.15, 0.2) is 28.7 Å². The molecule has 0 spiro atoms. The first-order chi connectivity index (χ1) is 12.1. The highest BCUT2D eigenvalue weighted by molar-refractivity contribution is 5.86. The molecule has 0 unspecified atom stereocenters. The number of anilines is 1. The van der Waals surface area contributed by atoms with Crippen LogP contribution in [0, 0.1) is 5.82 Å². The van der Waals surface area contributed by atoms with Crippen LogP contribution in [0.1, 0.15) is 10.7 Å². The van der Waals surface area contributed by atoms with Gasteiger partial charge in [-0.3, -0.25) is 0 Å². The SMILES string of the molecule is O=C(O)c1nc2nc(-c3ccc(F)cc3)c(N3CCOCC3)nc2o1. The number of aromatic carboxylic acids is 1. The Morgan fingerprint density at radius 3 is 2.52 bits per heavy atom. The fourth-order valence-electron chi connectivity index (χ4n) is 2.64. The number of carboxylic acids is 1. The van der Waals surface area contributed by atoms with Crippen molar-refractivity contribution in [1.29, 1.82) is 0 Å². The Kier molecular flexibility index (Phi) is 3.77. The summed E-state index contributed by atoms with van der Waals surface area (Å²) >= 11 is 0. The zero-order valence-electron chi connectivity index (χ0n) is 13.0. The highest BCUT2D eigenvalue weighted by Crippen LogP contribution is 2.30. The van der Waals surface area contributed by atoms with Crippen molar-refractivity contribution in [2.45, 2.75) is 0 Å². The number of oxazole rings is 1. The van der Waals surface area contributed by atoms with Crippen molar-refractivity contribution < 1.29 is 23.4 Å². The topological polar surface area (TPSA) is 102 Å². The van der Waals surface area contributed by atoms with E-state index in [-0.39, 0.29) is 17.2 Å². The zero-order chi connectivity index (χ0) is 17.4. The Hall–Kier alpha value is -3.07. The van der Waals surface area contributed by atoms with Crippen LogP contribution in [-0.2, 0) is 4.74 Å². The quantitative estimate of drug-likeness (QED) is 0.769. The molecule has 0 saturated carbocycles. The van der Waals surface area contributed by atoms with E-state index in [0.717, 1.165) is 0 Å². The number of ether oxygens (including phenoxy) is 1.